The molecule has 1 aromatic carbocycles. The van der Waals surface area contributed by atoms with Crippen molar-refractivity contribution in [3.8, 4) is 11.8 Å². The monoisotopic (exact) mass is 685 g/mol. The highest BCUT2D eigenvalue weighted by Crippen LogP contribution is 2.53. The number of rotatable bonds is 7. The minimum Gasteiger partial charge on any atom is -0.290 e. The van der Waals surface area contributed by atoms with E-state index in [0.717, 1.165) is 0 Å². The Labute approximate surface area is 271 Å². The number of hydrogen-bond acceptors (Lipinski definition) is 8. The van der Waals surface area contributed by atoms with Crippen LogP contribution in [0.4, 0.5) is 17.6 Å². The van der Waals surface area contributed by atoms with Crippen LogP contribution in [0.2, 0.25) is 0 Å². The third-order valence-electron chi connectivity index (χ3n) is 9.37. The molecule has 0 spiro atoms. The number of nitriles is 1. The molecule has 2 atom stereocenters. The number of aryl methyl sites for hydroxylation is 1. The first-order chi connectivity index (χ1) is 22.3. The van der Waals surface area contributed by atoms with Crippen LogP contribution in [0.5, 0.6) is 0 Å². The van der Waals surface area contributed by atoms with Crippen LogP contribution in [0.3, 0.4) is 0 Å². The Morgan fingerprint density at radius 3 is 2.53 bits per heavy atom. The molecule has 7 rings (SSSR count). The second-order valence-electron chi connectivity index (χ2n) is 12.2. The molecule has 0 amide bonds. The number of carbonyl (C=O) groups excluding carboxylic acids is 1. The normalized spacial score (nSPS) is 24.2. The largest absolute Gasteiger partial charge is 0.427 e. The average Bonchev–Trinajstić information content (AvgIpc) is 3.77. The molecule has 0 bridgehead atoms. The molecule has 10 nitrogen and oxygen atoms in total. The molecule has 4 aromatic rings. The molecule has 3 aliphatic rings. The number of alkyl halides is 3. The number of sulfonamides is 1. The van der Waals surface area contributed by atoms with E-state index in [2.05, 4.69) is 21.3 Å². The first-order valence-corrected chi connectivity index (χ1v) is 17.1. The highest BCUT2D eigenvalue weighted by molar-refractivity contribution is 7.89. The number of halogens is 4. The molecule has 244 valence electrons. The van der Waals surface area contributed by atoms with Crippen molar-refractivity contribution >= 4 is 33.2 Å². The van der Waals surface area contributed by atoms with Crippen molar-refractivity contribution in [3.05, 3.63) is 81.5 Å². The molecule has 0 radical (unpaired) electrons. The third-order valence-corrected chi connectivity index (χ3v) is 12.3. The number of carbonyl (C=O) groups is 1. The molecule has 2 fully saturated rings. The Bertz CT molecular complexity index is 2050. The Balaban J connectivity index is 1.33. The topological polar surface area (TPSA) is 127 Å². The summed E-state index contributed by atoms with van der Waals surface area (Å²) in [6.07, 6.45) is 2.11. The summed E-state index contributed by atoms with van der Waals surface area (Å²) >= 11 is 0.267. The molecule has 2 saturated carbocycles. The van der Waals surface area contributed by atoms with Gasteiger partial charge in [0.1, 0.15) is 10.7 Å². The Morgan fingerprint density at radius 1 is 1.15 bits per heavy atom. The van der Waals surface area contributed by atoms with E-state index < -0.39 is 50.2 Å². The first-order valence-electron chi connectivity index (χ1n) is 14.8. The van der Waals surface area contributed by atoms with Gasteiger partial charge in [0.2, 0.25) is 5.78 Å². The summed E-state index contributed by atoms with van der Waals surface area (Å²) in [5, 5.41) is 17.6. The summed E-state index contributed by atoms with van der Waals surface area (Å²) in [5.41, 5.74) is 1.09. The van der Waals surface area contributed by atoms with E-state index in [4.69, 9.17) is 0 Å². The van der Waals surface area contributed by atoms with Gasteiger partial charge in [0.15, 0.2) is 10.0 Å². The van der Waals surface area contributed by atoms with Gasteiger partial charge in [-0.2, -0.15) is 32.9 Å². The number of benzene rings is 1. The zero-order valence-electron chi connectivity index (χ0n) is 24.9. The minimum absolute atomic E-state index is 0.0143. The fourth-order valence-corrected chi connectivity index (χ4v) is 9.68. The van der Waals surface area contributed by atoms with Crippen molar-refractivity contribution in [2.45, 2.75) is 61.8 Å². The number of ketones is 1. The molecule has 3 heterocycles. The second-order valence-corrected chi connectivity index (χ2v) is 15.1. The summed E-state index contributed by atoms with van der Waals surface area (Å²) < 4.78 is 87.1. The van der Waals surface area contributed by atoms with Crippen LogP contribution in [0.25, 0.3) is 11.8 Å². The number of nitrogens with zero attached hydrogens (tertiary/aromatic N) is 7. The lowest BCUT2D eigenvalue weighted by atomic mass is 9.60. The van der Waals surface area contributed by atoms with Crippen LogP contribution in [-0.2, 0) is 29.7 Å². The summed E-state index contributed by atoms with van der Waals surface area (Å²) in [7, 11) is -2.59. The van der Waals surface area contributed by atoms with E-state index in [9.17, 15) is 36.0 Å². The number of fused-ring (bicyclic) bond motifs is 2. The van der Waals surface area contributed by atoms with Crippen LogP contribution in [0.15, 0.2) is 59.5 Å². The standard InChI is InChI=1S/C31H27F4N7O3S2/c1-40-9-8-27(39-40)47(44,45)42(24-10-18(11-24)15-36)23-5-2-20-12-25-19(16-38-41(25)22-6-3-21(32)4-7-22)13-30(20,14-23)28(43)29-37-17-26(46-29)31(33,34)35/h3-4,6-9,12,16-18,23-24H,2,5,10-11,13-14H2,1H3/t18?,23-,24?,30-/m0/s1. The molecule has 0 aliphatic heterocycles. The second kappa shape index (κ2) is 11.2. The molecular formula is C31H27F4N7O3S2. The lowest BCUT2D eigenvalue weighted by molar-refractivity contribution is -0.134. The summed E-state index contributed by atoms with van der Waals surface area (Å²) in [5.74, 6) is -1.36. The van der Waals surface area contributed by atoms with E-state index in [0.29, 0.717) is 48.0 Å². The Morgan fingerprint density at radius 2 is 1.89 bits per heavy atom. The van der Waals surface area contributed by atoms with Crippen molar-refractivity contribution in [1.82, 2.24) is 28.9 Å². The maximum Gasteiger partial charge on any atom is 0.427 e. The fourth-order valence-electron chi connectivity index (χ4n) is 7.03. The van der Waals surface area contributed by atoms with Gasteiger partial charge in [-0.05, 0) is 80.5 Å². The first kappa shape index (κ1) is 31.4. The van der Waals surface area contributed by atoms with Gasteiger partial charge in [0.05, 0.1) is 35.3 Å². The SMILES string of the molecule is Cn1ccc(S(=O)(=O)N(C2CC(C#N)C2)[C@H]2CCC3=Cc4c(cnn4-c4ccc(F)cc4)C[C@]3(C(=O)c3ncc(C(F)(F)F)s3)C2)n1. The van der Waals surface area contributed by atoms with Crippen molar-refractivity contribution in [2.75, 3.05) is 0 Å². The van der Waals surface area contributed by atoms with Crippen molar-refractivity contribution in [3.63, 3.8) is 0 Å². The zero-order valence-corrected chi connectivity index (χ0v) is 26.5. The van der Waals surface area contributed by atoms with Gasteiger partial charge in [0.25, 0.3) is 10.0 Å². The smallest absolute Gasteiger partial charge is 0.290 e. The number of thiazole rings is 1. The summed E-state index contributed by atoms with van der Waals surface area (Å²) in [6.45, 7) is 0. The predicted molar refractivity (Wildman–Crippen MR) is 161 cm³/mol. The van der Waals surface area contributed by atoms with Crippen molar-refractivity contribution < 1.29 is 30.8 Å². The number of allylic oxidation sites excluding steroid dienone is 1. The van der Waals surface area contributed by atoms with Gasteiger partial charge >= 0.3 is 6.18 Å². The van der Waals surface area contributed by atoms with Crippen LogP contribution >= 0.6 is 11.3 Å². The number of hydrogen-bond donors (Lipinski definition) is 0. The van der Waals surface area contributed by atoms with Crippen molar-refractivity contribution in [1.29, 1.82) is 5.26 Å². The molecule has 0 saturated heterocycles. The third kappa shape index (κ3) is 5.30. The molecular weight excluding hydrogens is 659 g/mol. The fraction of sp³-hybridized carbons (Fsp3) is 0.387. The van der Waals surface area contributed by atoms with E-state index in [1.807, 2.05) is 0 Å². The van der Waals surface area contributed by atoms with Gasteiger partial charge in [-0.3, -0.25) is 9.48 Å². The van der Waals surface area contributed by atoms with E-state index in [1.54, 1.807) is 36.1 Å². The van der Waals surface area contributed by atoms with Gasteiger partial charge in [-0.15, -0.1) is 11.3 Å². The molecule has 0 unspecified atom stereocenters. The van der Waals surface area contributed by atoms with E-state index in [-0.39, 0.29) is 46.6 Å². The van der Waals surface area contributed by atoms with Gasteiger partial charge in [-0.25, -0.2) is 22.5 Å². The van der Waals surface area contributed by atoms with Gasteiger partial charge in [0, 0.05) is 31.2 Å². The molecule has 0 N–H and O–H groups in total. The average molecular weight is 686 g/mol. The van der Waals surface area contributed by atoms with E-state index >= 15 is 0 Å². The van der Waals surface area contributed by atoms with E-state index in [1.165, 1.54) is 33.4 Å². The summed E-state index contributed by atoms with van der Waals surface area (Å²) in [6, 6.07) is 8.07. The van der Waals surface area contributed by atoms with Crippen LogP contribution < -0.4 is 0 Å². The van der Waals surface area contributed by atoms with Crippen molar-refractivity contribution in [2.24, 2.45) is 18.4 Å². The maximum atomic E-state index is 14.5. The van der Waals surface area contributed by atoms with Crippen LogP contribution in [0, 0.1) is 28.5 Å². The molecule has 3 aromatic heterocycles. The minimum atomic E-state index is -4.69. The Hall–Kier alpha value is -4.20. The zero-order chi connectivity index (χ0) is 33.3. The van der Waals surface area contributed by atoms with Crippen LogP contribution in [-0.4, -0.2) is 55.1 Å². The Kier molecular flexibility index (Phi) is 7.49. The maximum absolute atomic E-state index is 14.5. The lowest BCUT2D eigenvalue weighted by Gasteiger charge is -2.49. The summed E-state index contributed by atoms with van der Waals surface area (Å²) in [4.78, 5) is 17.4. The number of aromatic nitrogens is 5. The number of Topliss-reactive ketones (excluding diaryl/α,β-unsaturated/α-hetero) is 1. The molecule has 16 heteroatoms. The van der Waals surface area contributed by atoms with Gasteiger partial charge < -0.3 is 0 Å². The highest BCUT2D eigenvalue weighted by atomic mass is 32.2. The molecule has 47 heavy (non-hydrogen) atoms. The predicted octanol–water partition coefficient (Wildman–Crippen LogP) is 5.57. The van der Waals surface area contributed by atoms with Gasteiger partial charge in [-0.1, -0.05) is 5.57 Å². The lowest BCUT2D eigenvalue weighted by Crippen LogP contribution is -2.56. The molecule has 3 aliphatic carbocycles. The quantitative estimate of drug-likeness (QED) is 0.184. The van der Waals surface area contributed by atoms with Crippen LogP contribution in [0.1, 0.15) is 58.0 Å². The highest BCUT2D eigenvalue weighted by Gasteiger charge is 2.54.